The number of aryl methyl sites for hydroxylation is 1. The van der Waals surface area contributed by atoms with Gasteiger partial charge in [0.1, 0.15) is 6.04 Å². The number of carbonyl (C=O) groups is 3. The van der Waals surface area contributed by atoms with Crippen molar-refractivity contribution in [1.29, 1.82) is 0 Å². The highest BCUT2D eigenvalue weighted by Crippen LogP contribution is 2.16. The summed E-state index contributed by atoms with van der Waals surface area (Å²) in [7, 11) is 1.22. The van der Waals surface area contributed by atoms with Crippen LogP contribution in [0.1, 0.15) is 28.8 Å². The molecule has 0 heterocycles. The molecular formula is C14H16BrNO5. The lowest BCUT2D eigenvalue weighted by Gasteiger charge is -2.15. The minimum absolute atomic E-state index is 0.0245. The van der Waals surface area contributed by atoms with Crippen molar-refractivity contribution in [3.05, 3.63) is 33.8 Å². The molecule has 1 amide bonds. The fourth-order valence-corrected chi connectivity index (χ4v) is 2.22. The highest BCUT2D eigenvalue weighted by atomic mass is 79.9. The quantitative estimate of drug-likeness (QED) is 0.758. The number of halogens is 1. The first kappa shape index (κ1) is 17.2. The Labute approximate surface area is 130 Å². The number of esters is 1. The van der Waals surface area contributed by atoms with E-state index in [4.69, 9.17) is 5.11 Å². The summed E-state index contributed by atoms with van der Waals surface area (Å²) in [6.07, 6.45) is -0.101. The second-order valence-corrected chi connectivity index (χ2v) is 5.35. The molecule has 0 aliphatic rings. The molecule has 0 radical (unpaired) electrons. The first-order valence-electron chi connectivity index (χ1n) is 6.21. The number of methoxy groups -OCH3 is 1. The molecule has 114 valence electrons. The van der Waals surface area contributed by atoms with Crippen molar-refractivity contribution < 1.29 is 24.2 Å². The highest BCUT2D eigenvalue weighted by Gasteiger charge is 2.22. The maximum atomic E-state index is 12.1. The lowest BCUT2D eigenvalue weighted by atomic mass is 10.1. The second kappa shape index (κ2) is 7.78. The number of nitrogens with one attached hydrogen (secondary N) is 1. The van der Waals surface area contributed by atoms with E-state index in [0.29, 0.717) is 5.56 Å². The second-order valence-electron chi connectivity index (χ2n) is 4.44. The van der Waals surface area contributed by atoms with Gasteiger partial charge in [-0.25, -0.2) is 4.79 Å². The summed E-state index contributed by atoms with van der Waals surface area (Å²) in [6, 6.07) is 3.93. The maximum absolute atomic E-state index is 12.1. The van der Waals surface area contributed by atoms with E-state index in [1.54, 1.807) is 25.1 Å². The molecule has 0 saturated heterocycles. The minimum atomic E-state index is -1.19. The van der Waals surface area contributed by atoms with E-state index >= 15 is 0 Å². The van der Waals surface area contributed by atoms with Crippen LogP contribution in [0.2, 0.25) is 0 Å². The van der Waals surface area contributed by atoms with Crippen LogP contribution in [0.15, 0.2) is 22.7 Å². The van der Waals surface area contributed by atoms with Crippen LogP contribution in [-0.2, 0) is 14.3 Å². The Bertz CT molecular complexity index is 558. The zero-order valence-corrected chi connectivity index (χ0v) is 13.3. The number of carbonyl (C=O) groups excluding carboxylic acids is 2. The summed E-state index contributed by atoms with van der Waals surface area (Å²) in [5, 5.41) is 11.5. The molecule has 7 heteroatoms. The molecule has 1 aromatic carbocycles. The van der Waals surface area contributed by atoms with Crippen molar-refractivity contribution in [2.75, 3.05) is 7.11 Å². The van der Waals surface area contributed by atoms with E-state index in [-0.39, 0.29) is 12.8 Å². The molecule has 21 heavy (non-hydrogen) atoms. The van der Waals surface area contributed by atoms with E-state index in [1.165, 1.54) is 7.11 Å². The highest BCUT2D eigenvalue weighted by molar-refractivity contribution is 9.10. The number of carboxylic acid groups (broad SMARTS) is 1. The Morgan fingerprint density at radius 1 is 1.38 bits per heavy atom. The average molecular weight is 358 g/mol. The smallest absolute Gasteiger partial charge is 0.326 e. The molecule has 0 saturated carbocycles. The molecule has 0 bridgehead atoms. The zero-order chi connectivity index (χ0) is 16.0. The van der Waals surface area contributed by atoms with Gasteiger partial charge in [0.2, 0.25) is 0 Å². The van der Waals surface area contributed by atoms with Crippen molar-refractivity contribution in [2.45, 2.75) is 25.8 Å². The van der Waals surface area contributed by atoms with Crippen LogP contribution in [0.5, 0.6) is 0 Å². The Morgan fingerprint density at radius 3 is 2.57 bits per heavy atom. The van der Waals surface area contributed by atoms with Crippen molar-refractivity contribution in [3.63, 3.8) is 0 Å². The number of hydrogen-bond acceptors (Lipinski definition) is 4. The van der Waals surface area contributed by atoms with Crippen LogP contribution >= 0.6 is 15.9 Å². The number of aliphatic carboxylic acids is 1. The van der Waals surface area contributed by atoms with Gasteiger partial charge >= 0.3 is 11.9 Å². The van der Waals surface area contributed by atoms with E-state index < -0.39 is 23.9 Å². The standard InChI is InChI=1S/C14H16BrNO5/c1-8-7-9(15)3-4-10(8)13(18)16-11(14(19)20)5-6-12(17)21-2/h3-4,7,11H,5-6H2,1-2H3,(H,16,18)(H,19,20)/t11-/m0/s1. The molecule has 1 atom stereocenters. The fourth-order valence-electron chi connectivity index (χ4n) is 1.74. The molecule has 1 aromatic rings. The Morgan fingerprint density at radius 2 is 2.05 bits per heavy atom. The number of amides is 1. The number of rotatable bonds is 6. The van der Waals surface area contributed by atoms with Crippen molar-refractivity contribution in [2.24, 2.45) is 0 Å². The lowest BCUT2D eigenvalue weighted by molar-refractivity contribution is -0.142. The summed E-state index contributed by atoms with van der Waals surface area (Å²) in [6.45, 7) is 1.75. The summed E-state index contributed by atoms with van der Waals surface area (Å²) in [4.78, 5) is 34.3. The van der Waals surface area contributed by atoms with Gasteiger partial charge in [-0.15, -0.1) is 0 Å². The molecular weight excluding hydrogens is 342 g/mol. The van der Waals surface area contributed by atoms with E-state index in [0.717, 1.165) is 10.0 Å². The first-order chi connectivity index (χ1) is 9.85. The number of benzene rings is 1. The monoisotopic (exact) mass is 357 g/mol. The van der Waals surface area contributed by atoms with Gasteiger partial charge in [-0.05, 0) is 37.1 Å². The summed E-state index contributed by atoms with van der Waals surface area (Å²) < 4.78 is 5.28. The molecule has 1 rings (SSSR count). The molecule has 0 fully saturated rings. The molecule has 0 aromatic heterocycles. The minimum Gasteiger partial charge on any atom is -0.480 e. The van der Waals surface area contributed by atoms with Crippen LogP contribution in [0.3, 0.4) is 0 Å². The zero-order valence-electron chi connectivity index (χ0n) is 11.7. The number of carboxylic acids is 1. The Balaban J connectivity index is 2.76. The largest absolute Gasteiger partial charge is 0.480 e. The van der Waals surface area contributed by atoms with Gasteiger partial charge < -0.3 is 15.2 Å². The van der Waals surface area contributed by atoms with Crippen molar-refractivity contribution in [1.82, 2.24) is 5.32 Å². The van der Waals surface area contributed by atoms with Gasteiger partial charge in [-0.1, -0.05) is 15.9 Å². The van der Waals surface area contributed by atoms with Gasteiger partial charge in [0.25, 0.3) is 5.91 Å². The van der Waals surface area contributed by atoms with Crippen LogP contribution in [0, 0.1) is 6.92 Å². The summed E-state index contributed by atoms with van der Waals surface area (Å²) in [5.74, 6) is -2.20. The first-order valence-corrected chi connectivity index (χ1v) is 7.01. The van der Waals surface area contributed by atoms with Crippen LogP contribution in [-0.4, -0.2) is 36.1 Å². The molecule has 0 unspecified atom stereocenters. The van der Waals surface area contributed by atoms with E-state index in [1.807, 2.05) is 0 Å². The van der Waals surface area contributed by atoms with Crippen molar-refractivity contribution in [3.8, 4) is 0 Å². The third-order valence-corrected chi connectivity index (χ3v) is 3.39. The van der Waals surface area contributed by atoms with Crippen LogP contribution < -0.4 is 5.32 Å². The van der Waals surface area contributed by atoms with Gasteiger partial charge in [-0.3, -0.25) is 9.59 Å². The molecule has 6 nitrogen and oxygen atoms in total. The van der Waals surface area contributed by atoms with Gasteiger partial charge in [0.15, 0.2) is 0 Å². The lowest BCUT2D eigenvalue weighted by Crippen LogP contribution is -2.41. The topological polar surface area (TPSA) is 92.7 Å². The van der Waals surface area contributed by atoms with Crippen molar-refractivity contribution >= 4 is 33.8 Å². The summed E-state index contributed by atoms with van der Waals surface area (Å²) in [5.41, 5.74) is 1.11. The molecule has 0 aliphatic carbocycles. The van der Waals surface area contributed by atoms with Gasteiger partial charge in [-0.2, -0.15) is 0 Å². The van der Waals surface area contributed by atoms with Crippen LogP contribution in [0.25, 0.3) is 0 Å². The predicted octanol–water partition coefficient (Wildman–Crippen LogP) is 1.89. The fraction of sp³-hybridized carbons (Fsp3) is 0.357. The molecule has 0 aliphatic heterocycles. The normalized spacial score (nSPS) is 11.6. The molecule has 0 spiro atoms. The SMILES string of the molecule is COC(=O)CC[C@H](NC(=O)c1ccc(Br)cc1C)C(=O)O. The average Bonchev–Trinajstić information content (AvgIpc) is 2.42. The maximum Gasteiger partial charge on any atom is 0.326 e. The van der Waals surface area contributed by atoms with E-state index in [9.17, 15) is 14.4 Å². The van der Waals surface area contributed by atoms with E-state index in [2.05, 4.69) is 26.0 Å². The third-order valence-electron chi connectivity index (χ3n) is 2.90. The van der Waals surface area contributed by atoms with Crippen LogP contribution in [0.4, 0.5) is 0 Å². The Hall–Kier alpha value is -1.89. The van der Waals surface area contributed by atoms with Gasteiger partial charge in [0, 0.05) is 16.5 Å². The molecule has 2 N–H and O–H groups in total. The number of ether oxygens (including phenoxy) is 1. The van der Waals surface area contributed by atoms with Gasteiger partial charge in [0.05, 0.1) is 7.11 Å². The Kier molecular flexibility index (Phi) is 6.36. The predicted molar refractivity (Wildman–Crippen MR) is 79.0 cm³/mol. The number of hydrogen-bond donors (Lipinski definition) is 2. The summed E-state index contributed by atoms with van der Waals surface area (Å²) >= 11 is 3.29. The third kappa shape index (κ3) is 5.18.